The van der Waals surface area contributed by atoms with E-state index in [2.05, 4.69) is 26.4 Å². The lowest BCUT2D eigenvalue weighted by molar-refractivity contribution is 0.416. The maximum atomic E-state index is 6.33. The van der Waals surface area contributed by atoms with E-state index in [4.69, 9.17) is 16.3 Å². The Morgan fingerprint density at radius 1 is 1.15 bits per heavy atom. The van der Waals surface area contributed by atoms with Crippen molar-refractivity contribution in [1.29, 1.82) is 0 Å². The molecule has 0 aliphatic rings. The molecule has 2 heterocycles. The number of halogens is 1. The number of ether oxygens (including phenoxy) is 1. The van der Waals surface area contributed by atoms with Crippen LogP contribution in [0.1, 0.15) is 0 Å². The minimum Gasteiger partial charge on any atom is -0.495 e. The Bertz CT molecular complexity index is 1060. The van der Waals surface area contributed by atoms with Crippen LogP contribution >= 0.6 is 11.6 Å². The highest BCUT2D eigenvalue weighted by atomic mass is 35.5. The van der Waals surface area contributed by atoms with Crippen LogP contribution in [-0.2, 0) is 0 Å². The first-order chi connectivity index (χ1) is 13.2. The summed E-state index contributed by atoms with van der Waals surface area (Å²) >= 11 is 6.33. The highest BCUT2D eigenvalue weighted by Crippen LogP contribution is 2.29. The molecule has 27 heavy (non-hydrogen) atoms. The fraction of sp³-hybridized carbons (Fsp3) is 0.0500. The van der Waals surface area contributed by atoms with Crippen LogP contribution in [0.3, 0.4) is 0 Å². The van der Waals surface area contributed by atoms with E-state index in [1.165, 1.54) is 0 Å². The summed E-state index contributed by atoms with van der Waals surface area (Å²) < 4.78 is 7.09. The second-order valence-electron chi connectivity index (χ2n) is 5.65. The fourth-order valence-corrected chi connectivity index (χ4v) is 2.80. The van der Waals surface area contributed by atoms with Crippen LogP contribution in [0.5, 0.6) is 5.75 Å². The van der Waals surface area contributed by atoms with Crippen molar-refractivity contribution in [2.24, 2.45) is 0 Å². The monoisotopic (exact) mass is 376 g/mol. The third-order valence-corrected chi connectivity index (χ3v) is 4.19. The van der Waals surface area contributed by atoms with Gasteiger partial charge in [0, 0.05) is 11.8 Å². The Labute approximate surface area is 161 Å². The first-order valence-corrected chi connectivity index (χ1v) is 8.56. The minimum absolute atomic E-state index is 0.409. The van der Waals surface area contributed by atoms with Crippen LogP contribution in [-0.4, -0.2) is 26.9 Å². The van der Waals surface area contributed by atoms with Gasteiger partial charge in [-0.2, -0.15) is 5.10 Å². The maximum Gasteiger partial charge on any atom is 0.227 e. The zero-order valence-corrected chi connectivity index (χ0v) is 15.2. The van der Waals surface area contributed by atoms with E-state index >= 15 is 0 Å². The Hall–Kier alpha value is -3.38. The van der Waals surface area contributed by atoms with Gasteiger partial charge in [-0.3, -0.25) is 0 Å². The molecule has 6 nitrogen and oxygen atoms in total. The van der Waals surface area contributed by atoms with E-state index in [9.17, 15) is 0 Å². The van der Waals surface area contributed by atoms with Gasteiger partial charge in [0.05, 0.1) is 41.6 Å². The van der Waals surface area contributed by atoms with Gasteiger partial charge in [0.25, 0.3) is 0 Å². The summed E-state index contributed by atoms with van der Waals surface area (Å²) in [6.07, 6.45) is 5.17. The molecule has 0 atom stereocenters. The first-order valence-electron chi connectivity index (χ1n) is 8.19. The van der Waals surface area contributed by atoms with Crippen molar-refractivity contribution in [3.63, 3.8) is 0 Å². The zero-order chi connectivity index (χ0) is 18.6. The number of para-hydroxylation sites is 1. The van der Waals surface area contributed by atoms with Crippen LogP contribution in [0.2, 0.25) is 5.02 Å². The Morgan fingerprint density at radius 3 is 2.81 bits per heavy atom. The highest BCUT2D eigenvalue weighted by Gasteiger charge is 2.12. The molecule has 4 rings (SSSR count). The number of benzene rings is 2. The van der Waals surface area contributed by atoms with Gasteiger partial charge in [0.2, 0.25) is 5.95 Å². The summed E-state index contributed by atoms with van der Waals surface area (Å²) in [7, 11) is 1.60. The lowest BCUT2D eigenvalue weighted by Crippen LogP contribution is -2.00. The quantitative estimate of drug-likeness (QED) is 0.554. The molecule has 1 N–H and O–H groups in total. The lowest BCUT2D eigenvalue weighted by atomic mass is 10.2. The van der Waals surface area contributed by atoms with Gasteiger partial charge in [-0.25, -0.2) is 14.6 Å². The molecule has 0 saturated carbocycles. The van der Waals surface area contributed by atoms with Crippen molar-refractivity contribution in [3.05, 3.63) is 78.2 Å². The topological polar surface area (TPSA) is 64.9 Å². The third kappa shape index (κ3) is 3.61. The molecule has 0 aliphatic carbocycles. The van der Waals surface area contributed by atoms with Crippen molar-refractivity contribution < 1.29 is 4.74 Å². The molecule has 0 spiro atoms. The average molecular weight is 377 g/mol. The summed E-state index contributed by atoms with van der Waals surface area (Å²) in [6, 6.07) is 18.2. The standard InChI is InChI=1S/C20H15ClN5O/c1-27-18-10-6-5-9-17(18)24-20-22-12-16(21)19(25-20)14-11-23-26(13-14)15-7-3-2-4-8-15/h2-5,7-13H,1H3,(H,22,24,25). The number of anilines is 2. The first kappa shape index (κ1) is 17.1. The Morgan fingerprint density at radius 2 is 2.00 bits per heavy atom. The van der Waals surface area contributed by atoms with Crippen LogP contribution < -0.4 is 10.1 Å². The molecule has 2 aromatic carbocycles. The summed E-state index contributed by atoms with van der Waals surface area (Å²) in [6.45, 7) is 0. The molecule has 0 saturated heterocycles. The van der Waals surface area contributed by atoms with Crippen LogP contribution in [0.15, 0.2) is 67.1 Å². The number of rotatable bonds is 5. The molecule has 1 radical (unpaired) electrons. The van der Waals surface area contributed by atoms with Gasteiger partial charge in [-0.15, -0.1) is 0 Å². The molecule has 2 aromatic heterocycles. The van der Waals surface area contributed by atoms with E-state index in [1.807, 2.05) is 42.6 Å². The average Bonchev–Trinajstić information content (AvgIpc) is 3.20. The van der Waals surface area contributed by atoms with Gasteiger partial charge in [0.1, 0.15) is 5.75 Å². The molecule has 133 valence electrons. The molecule has 0 fully saturated rings. The highest BCUT2D eigenvalue weighted by molar-refractivity contribution is 6.32. The summed E-state index contributed by atoms with van der Waals surface area (Å²) in [5, 5.41) is 7.99. The van der Waals surface area contributed by atoms with E-state index < -0.39 is 0 Å². The molecule has 0 aliphatic heterocycles. The van der Waals surface area contributed by atoms with Crippen LogP contribution in [0, 0.1) is 6.07 Å². The predicted octanol–water partition coefficient (Wildman–Crippen LogP) is 4.54. The predicted molar refractivity (Wildman–Crippen MR) is 105 cm³/mol. The van der Waals surface area contributed by atoms with Crippen molar-refractivity contribution in [2.45, 2.75) is 0 Å². The second-order valence-corrected chi connectivity index (χ2v) is 6.06. The zero-order valence-electron chi connectivity index (χ0n) is 14.4. The summed E-state index contributed by atoms with van der Waals surface area (Å²) in [5.41, 5.74) is 3.09. The number of hydrogen-bond donors (Lipinski definition) is 1. The van der Waals surface area contributed by atoms with E-state index in [0.29, 0.717) is 22.4 Å². The van der Waals surface area contributed by atoms with Crippen LogP contribution in [0.25, 0.3) is 16.9 Å². The molecular formula is C20H15ClN5O. The number of hydrogen-bond acceptors (Lipinski definition) is 5. The molecular weight excluding hydrogens is 362 g/mol. The normalized spacial score (nSPS) is 10.6. The number of nitrogens with one attached hydrogen (secondary N) is 1. The van der Waals surface area contributed by atoms with E-state index in [0.717, 1.165) is 16.9 Å². The SMILES string of the molecule is COc1c[c]ccc1Nc1ncc(Cl)c(-c2cnn(-c3ccccc3)c2)n1. The van der Waals surface area contributed by atoms with Crippen molar-refractivity contribution in [1.82, 2.24) is 19.7 Å². The Balaban J connectivity index is 1.66. The number of methoxy groups -OCH3 is 1. The third-order valence-electron chi connectivity index (χ3n) is 3.91. The van der Waals surface area contributed by atoms with E-state index in [-0.39, 0.29) is 0 Å². The van der Waals surface area contributed by atoms with Crippen molar-refractivity contribution >= 4 is 23.2 Å². The molecule has 4 aromatic rings. The van der Waals surface area contributed by atoms with Crippen molar-refractivity contribution in [3.8, 4) is 22.7 Å². The fourth-order valence-electron chi connectivity index (χ4n) is 2.60. The molecule has 7 heteroatoms. The largest absolute Gasteiger partial charge is 0.495 e. The minimum atomic E-state index is 0.409. The van der Waals surface area contributed by atoms with Gasteiger partial charge >= 0.3 is 0 Å². The van der Waals surface area contributed by atoms with Gasteiger partial charge < -0.3 is 10.1 Å². The maximum absolute atomic E-state index is 6.33. The lowest BCUT2D eigenvalue weighted by Gasteiger charge is -2.10. The summed E-state index contributed by atoms with van der Waals surface area (Å²) in [5.74, 6) is 1.06. The van der Waals surface area contributed by atoms with E-state index in [1.54, 1.807) is 36.3 Å². The molecule has 0 amide bonds. The number of nitrogens with zero attached hydrogens (tertiary/aromatic N) is 4. The van der Waals surface area contributed by atoms with Gasteiger partial charge in [0.15, 0.2) is 0 Å². The molecule has 0 unspecified atom stereocenters. The summed E-state index contributed by atoms with van der Waals surface area (Å²) in [4.78, 5) is 8.80. The Kier molecular flexibility index (Phi) is 4.72. The second kappa shape index (κ2) is 7.47. The number of aromatic nitrogens is 4. The van der Waals surface area contributed by atoms with Crippen molar-refractivity contribution in [2.75, 3.05) is 12.4 Å². The van der Waals surface area contributed by atoms with Gasteiger partial charge in [-0.05, 0) is 30.3 Å². The smallest absolute Gasteiger partial charge is 0.227 e. The molecule has 0 bridgehead atoms. The van der Waals surface area contributed by atoms with Gasteiger partial charge in [-0.1, -0.05) is 35.9 Å². The van der Waals surface area contributed by atoms with Crippen LogP contribution in [0.4, 0.5) is 11.6 Å².